The molecule has 0 spiro atoms. The fourth-order valence-corrected chi connectivity index (χ4v) is 2.33. The van der Waals surface area contributed by atoms with Gasteiger partial charge in [0.2, 0.25) is 0 Å². The van der Waals surface area contributed by atoms with E-state index in [4.69, 9.17) is 9.84 Å². The molecule has 3 heterocycles. The van der Waals surface area contributed by atoms with Gasteiger partial charge in [-0.2, -0.15) is 0 Å². The van der Waals surface area contributed by atoms with Gasteiger partial charge in [-0.3, -0.25) is 4.79 Å². The second-order valence-corrected chi connectivity index (χ2v) is 4.42. The summed E-state index contributed by atoms with van der Waals surface area (Å²) in [7, 11) is 0. The van der Waals surface area contributed by atoms with Gasteiger partial charge in [0, 0.05) is 6.20 Å². The maximum absolute atomic E-state index is 11.8. The predicted octanol–water partition coefficient (Wildman–Crippen LogP) is -1.66. The molecule has 1 saturated heterocycles. The Hall–Kier alpha value is -1.74. The quantitative estimate of drug-likeness (QED) is 0.516. The van der Waals surface area contributed by atoms with Crippen molar-refractivity contribution < 1.29 is 20.1 Å². The molecule has 0 amide bonds. The van der Waals surface area contributed by atoms with Gasteiger partial charge in [-0.25, -0.2) is 4.98 Å². The van der Waals surface area contributed by atoms with Crippen molar-refractivity contribution in [3.63, 3.8) is 0 Å². The van der Waals surface area contributed by atoms with Crippen molar-refractivity contribution in [2.45, 2.75) is 24.5 Å². The van der Waals surface area contributed by atoms with Gasteiger partial charge in [0.1, 0.15) is 23.8 Å². The molecular formula is C11H13N3O5. The van der Waals surface area contributed by atoms with Gasteiger partial charge in [-0.1, -0.05) is 0 Å². The molecule has 102 valence electrons. The Morgan fingerprint density at radius 1 is 1.42 bits per heavy atom. The molecule has 0 bridgehead atoms. The first kappa shape index (κ1) is 12.3. The highest BCUT2D eigenvalue weighted by atomic mass is 16.6. The van der Waals surface area contributed by atoms with Crippen LogP contribution in [0.25, 0.3) is 11.0 Å². The van der Waals surface area contributed by atoms with Crippen LogP contribution in [0, 0.1) is 0 Å². The number of aromatic amines is 1. The van der Waals surface area contributed by atoms with Gasteiger partial charge >= 0.3 is 0 Å². The Kier molecular flexibility index (Phi) is 2.86. The van der Waals surface area contributed by atoms with Crippen LogP contribution in [0.3, 0.4) is 0 Å². The number of nitrogens with zero attached hydrogens (tertiary/aromatic N) is 2. The summed E-state index contributed by atoms with van der Waals surface area (Å²) in [6.45, 7) is -0.414. The Bertz CT molecular complexity index is 651. The highest BCUT2D eigenvalue weighted by Crippen LogP contribution is 2.30. The molecule has 19 heavy (non-hydrogen) atoms. The first-order valence-corrected chi connectivity index (χ1v) is 5.80. The standard InChI is InChI=1S/C11H13N3O5/c15-3-6-8(16)9(17)11(19-6)14-2-1-5-7(14)10(18)13-4-12-5/h1-2,4,6,8-9,11,15-17H,3H2,(H,12,13,18)/t6-,8-,9+,11-/m1/s1. The molecule has 1 fully saturated rings. The molecule has 0 aliphatic carbocycles. The predicted molar refractivity (Wildman–Crippen MR) is 63.4 cm³/mol. The molecule has 0 radical (unpaired) electrons. The van der Waals surface area contributed by atoms with Crippen LogP contribution < -0.4 is 5.56 Å². The number of aliphatic hydroxyl groups is 3. The van der Waals surface area contributed by atoms with Crippen LogP contribution in [-0.4, -0.2) is 54.8 Å². The fraction of sp³-hybridized carbons (Fsp3) is 0.455. The van der Waals surface area contributed by atoms with E-state index in [1.807, 2.05) is 0 Å². The third kappa shape index (κ3) is 1.77. The van der Waals surface area contributed by atoms with Crippen LogP contribution in [0.5, 0.6) is 0 Å². The van der Waals surface area contributed by atoms with Gasteiger partial charge in [0.15, 0.2) is 6.23 Å². The summed E-state index contributed by atoms with van der Waals surface area (Å²) in [5, 5.41) is 28.7. The normalized spacial score (nSPS) is 31.1. The van der Waals surface area contributed by atoms with E-state index >= 15 is 0 Å². The molecule has 0 saturated carbocycles. The van der Waals surface area contributed by atoms with Crippen LogP contribution in [0.2, 0.25) is 0 Å². The van der Waals surface area contributed by atoms with Crippen LogP contribution in [0.4, 0.5) is 0 Å². The van der Waals surface area contributed by atoms with E-state index in [1.165, 1.54) is 10.9 Å². The summed E-state index contributed by atoms with van der Waals surface area (Å²) < 4.78 is 6.78. The number of fused-ring (bicyclic) bond motifs is 1. The number of hydrogen-bond donors (Lipinski definition) is 4. The third-order valence-electron chi connectivity index (χ3n) is 3.30. The van der Waals surface area contributed by atoms with Crippen LogP contribution in [0.1, 0.15) is 6.23 Å². The second kappa shape index (κ2) is 4.42. The van der Waals surface area contributed by atoms with Crippen LogP contribution in [0.15, 0.2) is 23.4 Å². The number of rotatable bonds is 2. The van der Waals surface area contributed by atoms with E-state index in [0.717, 1.165) is 0 Å². The average Bonchev–Trinajstić information content (AvgIpc) is 2.94. The molecule has 2 aromatic rings. The lowest BCUT2D eigenvalue weighted by molar-refractivity contribution is -0.0507. The lowest BCUT2D eigenvalue weighted by Gasteiger charge is -2.17. The third-order valence-corrected chi connectivity index (χ3v) is 3.30. The van der Waals surface area contributed by atoms with E-state index in [-0.39, 0.29) is 11.1 Å². The zero-order valence-electron chi connectivity index (χ0n) is 9.80. The lowest BCUT2D eigenvalue weighted by atomic mass is 10.1. The van der Waals surface area contributed by atoms with Crippen LogP contribution in [-0.2, 0) is 4.74 Å². The van der Waals surface area contributed by atoms with Gasteiger partial charge in [0.05, 0.1) is 18.5 Å². The molecule has 8 nitrogen and oxygen atoms in total. The summed E-state index contributed by atoms with van der Waals surface area (Å²) in [4.78, 5) is 18.2. The summed E-state index contributed by atoms with van der Waals surface area (Å²) in [5.41, 5.74) is 0.339. The minimum Gasteiger partial charge on any atom is -0.394 e. The molecule has 4 N–H and O–H groups in total. The zero-order valence-corrected chi connectivity index (χ0v) is 9.80. The topological polar surface area (TPSA) is 121 Å². The van der Waals surface area contributed by atoms with E-state index in [0.29, 0.717) is 5.52 Å². The molecule has 4 atom stereocenters. The number of hydrogen-bond acceptors (Lipinski definition) is 6. The summed E-state index contributed by atoms with van der Waals surface area (Å²) >= 11 is 0. The van der Waals surface area contributed by atoms with Gasteiger partial charge in [0.25, 0.3) is 5.56 Å². The molecule has 3 rings (SSSR count). The van der Waals surface area contributed by atoms with Crippen molar-refractivity contribution in [2.75, 3.05) is 6.61 Å². The molecule has 1 aliphatic heterocycles. The Balaban J connectivity index is 2.08. The largest absolute Gasteiger partial charge is 0.394 e. The molecule has 8 heteroatoms. The van der Waals surface area contributed by atoms with Crippen molar-refractivity contribution in [3.05, 3.63) is 28.9 Å². The minimum absolute atomic E-state index is 0.248. The van der Waals surface area contributed by atoms with Crippen LogP contribution >= 0.6 is 0 Å². The molecular weight excluding hydrogens is 254 g/mol. The number of nitrogens with one attached hydrogen (secondary N) is 1. The molecule has 2 aromatic heterocycles. The minimum atomic E-state index is -1.23. The molecule has 0 unspecified atom stereocenters. The van der Waals surface area contributed by atoms with Crippen molar-refractivity contribution in [2.24, 2.45) is 0 Å². The Morgan fingerprint density at radius 3 is 2.89 bits per heavy atom. The Labute approximate surface area is 106 Å². The summed E-state index contributed by atoms with van der Waals surface area (Å²) in [5.74, 6) is 0. The fourth-order valence-electron chi connectivity index (χ4n) is 2.33. The molecule has 1 aliphatic rings. The summed E-state index contributed by atoms with van der Waals surface area (Å²) in [6, 6.07) is 1.61. The number of aromatic nitrogens is 3. The van der Waals surface area contributed by atoms with E-state index in [1.54, 1.807) is 12.3 Å². The highest BCUT2D eigenvalue weighted by Gasteiger charge is 2.43. The van der Waals surface area contributed by atoms with E-state index < -0.39 is 31.1 Å². The summed E-state index contributed by atoms with van der Waals surface area (Å²) in [6.07, 6.45) is -1.42. The molecule has 0 aromatic carbocycles. The van der Waals surface area contributed by atoms with E-state index in [2.05, 4.69) is 9.97 Å². The smallest absolute Gasteiger partial charge is 0.275 e. The van der Waals surface area contributed by atoms with Crippen molar-refractivity contribution >= 4 is 11.0 Å². The highest BCUT2D eigenvalue weighted by molar-refractivity contribution is 5.74. The van der Waals surface area contributed by atoms with E-state index in [9.17, 15) is 15.0 Å². The lowest BCUT2D eigenvalue weighted by Crippen LogP contribution is -2.33. The van der Waals surface area contributed by atoms with Gasteiger partial charge in [-0.15, -0.1) is 0 Å². The maximum Gasteiger partial charge on any atom is 0.275 e. The maximum atomic E-state index is 11.8. The van der Waals surface area contributed by atoms with Crippen molar-refractivity contribution in [3.8, 4) is 0 Å². The first-order chi connectivity index (χ1) is 9.13. The number of ether oxygens (including phenoxy) is 1. The number of H-pyrrole nitrogens is 1. The second-order valence-electron chi connectivity index (χ2n) is 4.42. The first-order valence-electron chi connectivity index (χ1n) is 5.80. The monoisotopic (exact) mass is 267 g/mol. The average molecular weight is 267 g/mol. The Morgan fingerprint density at radius 2 is 2.21 bits per heavy atom. The SMILES string of the molecule is O=c1[nH]cnc2ccn([C@@H]3O[C@H](CO)[C@@H](O)[C@@H]3O)c12. The van der Waals surface area contributed by atoms with Crippen molar-refractivity contribution in [1.82, 2.24) is 14.5 Å². The zero-order chi connectivity index (χ0) is 13.6. The number of aliphatic hydroxyl groups excluding tert-OH is 3. The van der Waals surface area contributed by atoms with Crippen molar-refractivity contribution in [1.29, 1.82) is 0 Å². The van der Waals surface area contributed by atoms with Gasteiger partial charge < -0.3 is 29.6 Å². The van der Waals surface area contributed by atoms with Gasteiger partial charge in [-0.05, 0) is 6.07 Å².